The summed E-state index contributed by atoms with van der Waals surface area (Å²) >= 11 is 1.14. The van der Waals surface area contributed by atoms with Gasteiger partial charge in [-0.05, 0) is 87.0 Å². The van der Waals surface area contributed by atoms with Crippen LogP contribution in [0.2, 0.25) is 0 Å². The Hall–Kier alpha value is -3.56. The number of benzene rings is 2. The lowest BCUT2D eigenvalue weighted by atomic mass is 10.0. The lowest BCUT2D eigenvalue weighted by Gasteiger charge is -2.35. The molecule has 0 fully saturated rings. The zero-order chi connectivity index (χ0) is 34.1. The van der Waals surface area contributed by atoms with Gasteiger partial charge in [-0.1, -0.05) is 13.0 Å². The van der Waals surface area contributed by atoms with Crippen molar-refractivity contribution in [3.63, 3.8) is 0 Å². The van der Waals surface area contributed by atoms with Gasteiger partial charge in [0.25, 0.3) is 15.9 Å². The van der Waals surface area contributed by atoms with E-state index in [4.69, 9.17) is 9.47 Å². The molecule has 11 nitrogen and oxygen atoms in total. The quantitative estimate of drug-likeness (QED) is 0.278. The minimum Gasteiger partial charge on any atom is -0.490 e. The van der Waals surface area contributed by atoms with Crippen LogP contribution in [0.15, 0.2) is 64.2 Å². The molecule has 0 bridgehead atoms. The second-order valence-electron chi connectivity index (χ2n) is 11.8. The van der Waals surface area contributed by atoms with Crippen LogP contribution in [0.25, 0.3) is 0 Å². The van der Waals surface area contributed by atoms with Gasteiger partial charge in [0, 0.05) is 44.0 Å². The van der Waals surface area contributed by atoms with E-state index in [1.165, 1.54) is 46.6 Å². The molecule has 3 amide bonds. The Morgan fingerprint density at radius 1 is 1.13 bits per heavy atom. The smallest absolute Gasteiger partial charge is 0.323 e. The summed E-state index contributed by atoms with van der Waals surface area (Å²) in [5.74, 6) is -0.859. The maximum atomic E-state index is 14.3. The predicted molar refractivity (Wildman–Crippen MR) is 180 cm³/mol. The number of sulfonamides is 1. The summed E-state index contributed by atoms with van der Waals surface area (Å²) in [4.78, 5) is 28.6. The summed E-state index contributed by atoms with van der Waals surface area (Å²) in [6.07, 6.45) is 1.40. The Kier molecular flexibility index (Phi) is 12.7. The number of rotatable bonds is 8. The zero-order valence-corrected chi connectivity index (χ0v) is 28.7. The van der Waals surface area contributed by atoms with Crippen LogP contribution in [0.3, 0.4) is 0 Å². The van der Waals surface area contributed by atoms with E-state index in [2.05, 4.69) is 10.6 Å². The van der Waals surface area contributed by atoms with Gasteiger partial charge in [0.2, 0.25) is 0 Å². The third kappa shape index (κ3) is 9.73. The van der Waals surface area contributed by atoms with E-state index < -0.39 is 39.9 Å². The fraction of sp³-hybridized carbons (Fsp3) is 0.455. The van der Waals surface area contributed by atoms with Crippen LogP contribution in [0, 0.1) is 11.7 Å². The molecule has 47 heavy (non-hydrogen) atoms. The fourth-order valence-corrected chi connectivity index (χ4v) is 7.59. The number of aliphatic hydroxyl groups is 1. The zero-order valence-electron chi connectivity index (χ0n) is 27.0. The third-order valence-electron chi connectivity index (χ3n) is 8.01. The second-order valence-corrected chi connectivity index (χ2v) is 15.0. The topological polar surface area (TPSA) is 138 Å². The lowest BCUT2D eigenvalue weighted by Crippen LogP contribution is -2.48. The normalized spacial score (nSPS) is 20.5. The SMILES string of the molecule is C[C@H]1CCCCO[C@@H](CN(C)S(=O)(=O)c2cccs2)[C@@H](C)CN([C@@H](C)CO)C(=O)c2cc(NC(=O)Nc3ccc(F)cc3)ccc2O1. The number of likely N-dealkylation sites (N-methyl/N-ethyl adjacent to an activating group) is 1. The van der Waals surface area contributed by atoms with Crippen molar-refractivity contribution in [2.75, 3.05) is 44.0 Å². The van der Waals surface area contributed by atoms with Crippen molar-refractivity contribution in [2.45, 2.75) is 62.5 Å². The van der Waals surface area contributed by atoms with Gasteiger partial charge in [-0.25, -0.2) is 17.6 Å². The standard InChI is InChI=1S/C33H43FN4O7S2/c1-22-19-38(23(2)21-39)32(40)28-18-27(36-33(41)35-26-12-10-25(34)11-13-26)14-15-29(28)45-24(3)8-5-6-16-44-30(22)20-37(4)47(42,43)31-9-7-17-46-31/h7,9-15,17-18,22-24,30,39H,5-6,8,16,19-21H2,1-4H3,(H2,35,36,41)/t22-,23-,24-,30-/m0/s1. The van der Waals surface area contributed by atoms with E-state index >= 15 is 0 Å². The molecule has 0 radical (unpaired) electrons. The third-order valence-corrected chi connectivity index (χ3v) is 11.2. The van der Waals surface area contributed by atoms with Crippen molar-refractivity contribution >= 4 is 44.7 Å². The van der Waals surface area contributed by atoms with Gasteiger partial charge >= 0.3 is 6.03 Å². The van der Waals surface area contributed by atoms with Gasteiger partial charge in [0.15, 0.2) is 0 Å². The van der Waals surface area contributed by atoms with Crippen molar-refractivity contribution in [3.05, 3.63) is 71.4 Å². The van der Waals surface area contributed by atoms with Crippen LogP contribution in [0.1, 0.15) is 50.4 Å². The first kappa shape index (κ1) is 36.3. The first-order valence-electron chi connectivity index (χ1n) is 15.6. The van der Waals surface area contributed by atoms with E-state index in [0.717, 1.165) is 24.2 Å². The number of aliphatic hydroxyl groups excluding tert-OH is 1. The molecular formula is C33H43FN4O7S2. The molecular weight excluding hydrogens is 648 g/mol. The predicted octanol–water partition coefficient (Wildman–Crippen LogP) is 5.65. The number of amides is 3. The van der Waals surface area contributed by atoms with Crippen molar-refractivity contribution in [1.82, 2.24) is 9.21 Å². The summed E-state index contributed by atoms with van der Waals surface area (Å²) in [5, 5.41) is 17.2. The first-order valence-corrected chi connectivity index (χ1v) is 17.9. The molecule has 3 N–H and O–H groups in total. The molecule has 0 aliphatic carbocycles. The summed E-state index contributed by atoms with van der Waals surface area (Å²) in [5.41, 5.74) is 0.897. The minimum absolute atomic E-state index is 0.0737. The van der Waals surface area contributed by atoms with Gasteiger partial charge in [0.1, 0.15) is 15.8 Å². The minimum atomic E-state index is -3.73. The van der Waals surface area contributed by atoms with Crippen molar-refractivity contribution in [3.8, 4) is 5.75 Å². The number of halogens is 1. The summed E-state index contributed by atoms with van der Waals surface area (Å²) in [6, 6.07) is 12.2. The van der Waals surface area contributed by atoms with Gasteiger partial charge in [-0.3, -0.25) is 4.79 Å². The van der Waals surface area contributed by atoms with Crippen molar-refractivity contribution < 1.29 is 37.0 Å². The van der Waals surface area contributed by atoms with Crippen LogP contribution in [0.4, 0.5) is 20.6 Å². The molecule has 0 unspecified atom stereocenters. The number of hydrogen-bond acceptors (Lipinski definition) is 8. The van der Waals surface area contributed by atoms with Gasteiger partial charge < -0.3 is 30.1 Å². The summed E-state index contributed by atoms with van der Waals surface area (Å²) < 4.78 is 53.8. The van der Waals surface area contributed by atoms with E-state index in [0.29, 0.717) is 30.2 Å². The molecule has 14 heteroatoms. The van der Waals surface area contributed by atoms with E-state index in [-0.39, 0.29) is 41.5 Å². The number of carbonyl (C=O) groups excluding carboxylic acids is 2. The average Bonchev–Trinajstić information content (AvgIpc) is 3.60. The highest BCUT2D eigenvalue weighted by Gasteiger charge is 2.32. The highest BCUT2D eigenvalue weighted by atomic mass is 32.2. The van der Waals surface area contributed by atoms with Crippen LogP contribution in [0.5, 0.6) is 5.75 Å². The Labute approximate surface area is 279 Å². The number of carbonyl (C=O) groups is 2. The van der Waals surface area contributed by atoms with Gasteiger partial charge in [0.05, 0.1) is 30.4 Å². The number of nitrogens with zero attached hydrogens (tertiary/aromatic N) is 2. The van der Waals surface area contributed by atoms with E-state index in [1.54, 1.807) is 36.6 Å². The Balaban J connectivity index is 1.62. The molecule has 256 valence electrons. The first-order chi connectivity index (χ1) is 22.4. The van der Waals surface area contributed by atoms with Gasteiger partial charge in [-0.2, -0.15) is 4.31 Å². The van der Waals surface area contributed by atoms with Crippen LogP contribution >= 0.6 is 11.3 Å². The van der Waals surface area contributed by atoms with Crippen LogP contribution in [-0.2, 0) is 14.8 Å². The molecule has 2 heterocycles. The Bertz CT molecular complexity index is 1590. The monoisotopic (exact) mass is 690 g/mol. The molecule has 2 aromatic carbocycles. The highest BCUT2D eigenvalue weighted by molar-refractivity contribution is 7.91. The number of nitrogens with one attached hydrogen (secondary N) is 2. The molecule has 1 aliphatic heterocycles. The maximum absolute atomic E-state index is 14.3. The Morgan fingerprint density at radius 2 is 1.83 bits per heavy atom. The van der Waals surface area contributed by atoms with Crippen molar-refractivity contribution in [1.29, 1.82) is 0 Å². The summed E-state index contributed by atoms with van der Waals surface area (Å²) in [6.45, 7) is 5.83. The number of hydrogen-bond donors (Lipinski definition) is 3. The Morgan fingerprint density at radius 3 is 2.51 bits per heavy atom. The number of fused-ring (bicyclic) bond motifs is 1. The van der Waals surface area contributed by atoms with E-state index in [1.807, 2.05) is 13.8 Å². The van der Waals surface area contributed by atoms with Crippen LogP contribution in [-0.4, -0.2) is 86.3 Å². The second kappa shape index (κ2) is 16.5. The molecule has 3 aromatic rings. The van der Waals surface area contributed by atoms with Gasteiger partial charge in [-0.15, -0.1) is 11.3 Å². The lowest BCUT2D eigenvalue weighted by molar-refractivity contribution is -0.00832. The molecule has 0 spiro atoms. The largest absolute Gasteiger partial charge is 0.490 e. The highest BCUT2D eigenvalue weighted by Crippen LogP contribution is 2.29. The fourth-order valence-electron chi connectivity index (χ4n) is 5.20. The number of urea groups is 1. The molecule has 1 aliphatic rings. The molecule has 1 aromatic heterocycles. The number of thiophene rings is 1. The van der Waals surface area contributed by atoms with E-state index in [9.17, 15) is 27.5 Å². The molecule has 4 rings (SSSR count). The maximum Gasteiger partial charge on any atom is 0.323 e. The number of anilines is 2. The van der Waals surface area contributed by atoms with Crippen LogP contribution < -0.4 is 15.4 Å². The molecule has 0 saturated carbocycles. The molecule has 0 saturated heterocycles. The van der Waals surface area contributed by atoms with Crippen molar-refractivity contribution in [2.24, 2.45) is 5.92 Å². The summed E-state index contributed by atoms with van der Waals surface area (Å²) in [7, 11) is -2.21. The average molecular weight is 691 g/mol. The number of ether oxygens (including phenoxy) is 2. The molecule has 4 atom stereocenters.